The van der Waals surface area contributed by atoms with Crippen molar-refractivity contribution < 1.29 is 14.7 Å². The number of unbranched alkanes of at least 4 members (excludes halogenated alkanes) is 1. The number of amides is 1. The van der Waals surface area contributed by atoms with Crippen LogP contribution < -0.4 is 5.73 Å². The standard InChI is InChI=1S/C18H25N3O3/c1-3-4-9-16(18(23)24)21(2)17(22)14(19)10-12-11-20-15-8-6-5-7-13(12)15/h5-8,11,14,16,20H,3-4,9-10,19H2,1-2H3,(H,23,24)/t14-,16-/m0/s1. The summed E-state index contributed by atoms with van der Waals surface area (Å²) in [5.74, 6) is -1.33. The highest BCUT2D eigenvalue weighted by Gasteiger charge is 2.29. The van der Waals surface area contributed by atoms with Gasteiger partial charge in [-0.2, -0.15) is 0 Å². The molecule has 2 rings (SSSR count). The van der Waals surface area contributed by atoms with E-state index in [2.05, 4.69) is 4.98 Å². The molecule has 0 unspecified atom stereocenters. The van der Waals surface area contributed by atoms with Gasteiger partial charge in [0.2, 0.25) is 5.91 Å². The molecule has 0 fully saturated rings. The van der Waals surface area contributed by atoms with Crippen LogP contribution in [0.15, 0.2) is 30.5 Å². The number of aromatic amines is 1. The van der Waals surface area contributed by atoms with Crippen molar-refractivity contribution in [2.45, 2.75) is 44.7 Å². The number of H-pyrrole nitrogens is 1. The lowest BCUT2D eigenvalue weighted by Gasteiger charge is -2.27. The lowest BCUT2D eigenvalue weighted by Crippen LogP contribution is -2.50. The molecular formula is C18H25N3O3. The van der Waals surface area contributed by atoms with E-state index < -0.39 is 18.1 Å². The van der Waals surface area contributed by atoms with Crippen LogP contribution in [0.4, 0.5) is 0 Å². The van der Waals surface area contributed by atoms with E-state index in [-0.39, 0.29) is 5.91 Å². The van der Waals surface area contributed by atoms with Crippen molar-refractivity contribution in [1.29, 1.82) is 0 Å². The van der Waals surface area contributed by atoms with E-state index >= 15 is 0 Å². The number of carboxylic acids is 1. The Hall–Kier alpha value is -2.34. The predicted molar refractivity (Wildman–Crippen MR) is 93.7 cm³/mol. The molecule has 0 aliphatic heterocycles. The van der Waals surface area contributed by atoms with E-state index in [9.17, 15) is 14.7 Å². The van der Waals surface area contributed by atoms with Crippen molar-refractivity contribution in [2.75, 3.05) is 7.05 Å². The number of carbonyl (C=O) groups excluding carboxylic acids is 1. The van der Waals surface area contributed by atoms with Gasteiger partial charge in [-0.25, -0.2) is 4.79 Å². The Morgan fingerprint density at radius 2 is 2.04 bits per heavy atom. The lowest BCUT2D eigenvalue weighted by molar-refractivity contribution is -0.149. The third-order valence-corrected chi connectivity index (χ3v) is 4.36. The van der Waals surface area contributed by atoms with E-state index in [1.54, 1.807) is 0 Å². The van der Waals surface area contributed by atoms with Gasteiger partial charge in [-0.1, -0.05) is 38.0 Å². The van der Waals surface area contributed by atoms with E-state index in [0.717, 1.165) is 29.3 Å². The fraction of sp³-hybridized carbons (Fsp3) is 0.444. The molecule has 0 aliphatic carbocycles. The second-order valence-corrected chi connectivity index (χ2v) is 6.12. The molecule has 0 aliphatic rings. The van der Waals surface area contributed by atoms with Gasteiger partial charge in [0, 0.05) is 24.1 Å². The number of fused-ring (bicyclic) bond motifs is 1. The Bertz CT molecular complexity index is 710. The van der Waals surface area contributed by atoms with E-state index in [0.29, 0.717) is 12.8 Å². The Morgan fingerprint density at radius 3 is 2.71 bits per heavy atom. The number of benzene rings is 1. The number of aromatic nitrogens is 1. The van der Waals surface area contributed by atoms with Crippen molar-refractivity contribution in [1.82, 2.24) is 9.88 Å². The molecule has 1 aromatic carbocycles. The number of hydrogen-bond donors (Lipinski definition) is 3. The maximum atomic E-state index is 12.5. The Labute approximate surface area is 141 Å². The minimum absolute atomic E-state index is 0.344. The van der Waals surface area contributed by atoms with Gasteiger partial charge in [0.25, 0.3) is 0 Å². The van der Waals surface area contributed by atoms with Gasteiger partial charge in [0.15, 0.2) is 0 Å². The van der Waals surface area contributed by atoms with Crippen LogP contribution in [0.5, 0.6) is 0 Å². The summed E-state index contributed by atoms with van der Waals surface area (Å²) in [6.45, 7) is 1.99. The fourth-order valence-corrected chi connectivity index (χ4v) is 2.92. The second-order valence-electron chi connectivity index (χ2n) is 6.12. The molecule has 0 saturated carbocycles. The lowest BCUT2D eigenvalue weighted by atomic mass is 10.0. The molecule has 1 amide bonds. The first-order valence-electron chi connectivity index (χ1n) is 8.25. The largest absolute Gasteiger partial charge is 0.480 e. The number of rotatable bonds is 8. The number of nitrogens with zero attached hydrogens (tertiary/aromatic N) is 1. The van der Waals surface area contributed by atoms with Crippen molar-refractivity contribution in [2.24, 2.45) is 5.73 Å². The SMILES string of the molecule is CCCC[C@@H](C(=O)O)N(C)C(=O)[C@@H](N)Cc1c[nH]c2ccccc12. The molecule has 0 bridgehead atoms. The quantitative estimate of drug-likeness (QED) is 0.690. The molecule has 6 heteroatoms. The first-order valence-corrected chi connectivity index (χ1v) is 8.25. The maximum Gasteiger partial charge on any atom is 0.326 e. The van der Waals surface area contributed by atoms with Crippen molar-refractivity contribution in [3.63, 3.8) is 0 Å². The number of nitrogens with one attached hydrogen (secondary N) is 1. The zero-order valence-electron chi connectivity index (χ0n) is 14.2. The molecule has 130 valence electrons. The Balaban J connectivity index is 2.09. The predicted octanol–water partition coefficient (Wildman–Crippen LogP) is 2.14. The fourth-order valence-electron chi connectivity index (χ4n) is 2.92. The maximum absolute atomic E-state index is 12.5. The zero-order valence-corrected chi connectivity index (χ0v) is 14.2. The van der Waals surface area contributed by atoms with Crippen LogP contribution >= 0.6 is 0 Å². The van der Waals surface area contributed by atoms with Gasteiger partial charge < -0.3 is 20.7 Å². The monoisotopic (exact) mass is 331 g/mol. The first-order chi connectivity index (χ1) is 11.5. The van der Waals surface area contributed by atoms with Crippen LogP contribution in [0.1, 0.15) is 31.7 Å². The normalized spacial score (nSPS) is 13.6. The van der Waals surface area contributed by atoms with Crippen LogP contribution in [-0.2, 0) is 16.0 Å². The topological polar surface area (TPSA) is 99.4 Å². The van der Waals surface area contributed by atoms with Crippen molar-refractivity contribution in [3.05, 3.63) is 36.0 Å². The molecule has 4 N–H and O–H groups in total. The van der Waals surface area contributed by atoms with Gasteiger partial charge in [-0.05, 0) is 24.5 Å². The molecular weight excluding hydrogens is 306 g/mol. The molecule has 0 radical (unpaired) electrons. The molecule has 24 heavy (non-hydrogen) atoms. The zero-order chi connectivity index (χ0) is 17.7. The van der Waals surface area contributed by atoms with Gasteiger partial charge in [0.1, 0.15) is 6.04 Å². The summed E-state index contributed by atoms with van der Waals surface area (Å²) in [4.78, 5) is 28.4. The number of carbonyl (C=O) groups is 2. The first kappa shape index (κ1) is 18.0. The van der Waals surface area contributed by atoms with Crippen LogP contribution in [0.3, 0.4) is 0 Å². The number of nitrogens with two attached hydrogens (primary N) is 1. The summed E-state index contributed by atoms with van der Waals surface area (Å²) >= 11 is 0. The summed E-state index contributed by atoms with van der Waals surface area (Å²) in [6.07, 6.45) is 4.30. The molecule has 2 aromatic rings. The summed E-state index contributed by atoms with van der Waals surface area (Å²) < 4.78 is 0. The highest BCUT2D eigenvalue weighted by molar-refractivity contribution is 5.88. The summed E-state index contributed by atoms with van der Waals surface area (Å²) in [5, 5.41) is 10.4. The van der Waals surface area contributed by atoms with Crippen molar-refractivity contribution in [3.8, 4) is 0 Å². The third kappa shape index (κ3) is 3.94. The minimum Gasteiger partial charge on any atom is -0.480 e. The van der Waals surface area contributed by atoms with Crippen LogP contribution in [0.25, 0.3) is 10.9 Å². The van der Waals surface area contributed by atoms with Gasteiger partial charge in [-0.3, -0.25) is 4.79 Å². The molecule has 2 atom stereocenters. The summed E-state index contributed by atoms with van der Waals surface area (Å²) in [5.41, 5.74) is 8.02. The molecule has 0 spiro atoms. The minimum atomic E-state index is -0.987. The Kier molecular flexibility index (Phi) is 5.98. The Morgan fingerprint density at radius 1 is 1.33 bits per heavy atom. The molecule has 1 heterocycles. The summed E-state index contributed by atoms with van der Waals surface area (Å²) in [6, 6.07) is 6.22. The third-order valence-electron chi connectivity index (χ3n) is 4.36. The molecule has 1 aromatic heterocycles. The van der Waals surface area contributed by atoms with E-state index in [4.69, 9.17) is 5.73 Å². The number of aliphatic carboxylic acids is 1. The highest BCUT2D eigenvalue weighted by atomic mass is 16.4. The highest BCUT2D eigenvalue weighted by Crippen LogP contribution is 2.19. The number of para-hydroxylation sites is 1. The second kappa shape index (κ2) is 7.97. The van der Waals surface area contributed by atoms with Crippen LogP contribution in [0, 0.1) is 0 Å². The van der Waals surface area contributed by atoms with E-state index in [1.807, 2.05) is 37.4 Å². The number of likely N-dealkylation sites (N-methyl/N-ethyl adjacent to an activating group) is 1. The van der Waals surface area contributed by atoms with Crippen molar-refractivity contribution >= 4 is 22.8 Å². The van der Waals surface area contributed by atoms with Gasteiger partial charge in [0.05, 0.1) is 6.04 Å². The number of hydrogen-bond acceptors (Lipinski definition) is 3. The number of carboxylic acid groups (broad SMARTS) is 1. The average molecular weight is 331 g/mol. The average Bonchev–Trinajstić information content (AvgIpc) is 2.97. The van der Waals surface area contributed by atoms with Gasteiger partial charge >= 0.3 is 5.97 Å². The molecule has 0 saturated heterocycles. The van der Waals surface area contributed by atoms with E-state index in [1.165, 1.54) is 11.9 Å². The summed E-state index contributed by atoms with van der Waals surface area (Å²) in [7, 11) is 1.52. The smallest absolute Gasteiger partial charge is 0.326 e. The van der Waals surface area contributed by atoms with Crippen LogP contribution in [-0.4, -0.2) is 46.0 Å². The van der Waals surface area contributed by atoms with Gasteiger partial charge in [-0.15, -0.1) is 0 Å². The molecule has 6 nitrogen and oxygen atoms in total. The van der Waals surface area contributed by atoms with Crippen LogP contribution in [0.2, 0.25) is 0 Å².